The van der Waals surface area contributed by atoms with Gasteiger partial charge >= 0.3 is 0 Å². The van der Waals surface area contributed by atoms with Gasteiger partial charge in [-0.25, -0.2) is 4.98 Å². The molecule has 1 fully saturated rings. The number of rotatable bonds is 4. The van der Waals surface area contributed by atoms with E-state index in [4.69, 9.17) is 4.52 Å². The number of aromatic amines is 1. The molecule has 6 nitrogen and oxygen atoms in total. The Labute approximate surface area is 111 Å². The molecule has 3 rings (SSSR count). The van der Waals surface area contributed by atoms with E-state index in [1.165, 1.54) is 6.42 Å². The zero-order valence-corrected chi connectivity index (χ0v) is 10.7. The summed E-state index contributed by atoms with van der Waals surface area (Å²) in [6.07, 6.45) is 6.62. The van der Waals surface area contributed by atoms with Gasteiger partial charge in [-0.2, -0.15) is 4.98 Å². The lowest BCUT2D eigenvalue weighted by molar-refractivity contribution is 0.365. The minimum absolute atomic E-state index is 0. The van der Waals surface area contributed by atoms with Crippen molar-refractivity contribution in [2.45, 2.75) is 19.3 Å². The summed E-state index contributed by atoms with van der Waals surface area (Å²) in [6, 6.07) is 0. The van der Waals surface area contributed by atoms with Crippen molar-refractivity contribution in [1.82, 2.24) is 25.4 Å². The Morgan fingerprint density at radius 3 is 3.11 bits per heavy atom. The first-order chi connectivity index (χ1) is 8.42. The van der Waals surface area contributed by atoms with Crippen molar-refractivity contribution in [3.63, 3.8) is 0 Å². The molecule has 98 valence electrons. The summed E-state index contributed by atoms with van der Waals surface area (Å²) >= 11 is 0. The SMILES string of the molecule is Cl.c1c[nH]c(-c2noc(CCC3CCNC3)n2)n1. The van der Waals surface area contributed by atoms with Crippen LogP contribution in [0.3, 0.4) is 0 Å². The van der Waals surface area contributed by atoms with Gasteiger partial charge in [0.2, 0.25) is 11.7 Å². The van der Waals surface area contributed by atoms with Gasteiger partial charge < -0.3 is 14.8 Å². The Kier molecular flexibility index (Phi) is 4.33. The predicted octanol–water partition coefficient (Wildman–Crippen LogP) is 1.42. The Morgan fingerprint density at radius 2 is 2.39 bits per heavy atom. The molecule has 1 saturated heterocycles. The van der Waals surface area contributed by atoms with Crippen LogP contribution in [-0.2, 0) is 6.42 Å². The molecule has 0 aliphatic carbocycles. The number of nitrogens with one attached hydrogen (secondary N) is 2. The first kappa shape index (κ1) is 13.0. The van der Waals surface area contributed by atoms with Crippen LogP contribution in [0.2, 0.25) is 0 Å². The zero-order valence-electron chi connectivity index (χ0n) is 9.93. The van der Waals surface area contributed by atoms with E-state index in [1.807, 2.05) is 0 Å². The summed E-state index contributed by atoms with van der Waals surface area (Å²) in [4.78, 5) is 11.4. The molecular weight excluding hydrogens is 254 g/mol. The zero-order chi connectivity index (χ0) is 11.5. The molecule has 1 aliphatic heterocycles. The maximum absolute atomic E-state index is 5.21. The highest BCUT2D eigenvalue weighted by Gasteiger charge is 2.16. The molecule has 3 heterocycles. The molecular formula is C11H16ClN5O. The predicted molar refractivity (Wildman–Crippen MR) is 68.4 cm³/mol. The lowest BCUT2D eigenvalue weighted by atomic mass is 10.0. The molecule has 2 aromatic heterocycles. The molecule has 1 aliphatic rings. The van der Waals surface area contributed by atoms with E-state index < -0.39 is 0 Å². The quantitative estimate of drug-likeness (QED) is 0.878. The van der Waals surface area contributed by atoms with E-state index in [0.717, 1.165) is 31.8 Å². The highest BCUT2D eigenvalue weighted by molar-refractivity contribution is 5.85. The van der Waals surface area contributed by atoms with Crippen LogP contribution in [0.25, 0.3) is 11.6 Å². The average molecular weight is 270 g/mol. The van der Waals surface area contributed by atoms with Gasteiger partial charge in [0, 0.05) is 18.8 Å². The van der Waals surface area contributed by atoms with Gasteiger partial charge in [0.15, 0.2) is 5.82 Å². The molecule has 1 unspecified atom stereocenters. The summed E-state index contributed by atoms with van der Waals surface area (Å²) in [5, 5.41) is 7.26. The number of H-pyrrole nitrogens is 1. The Balaban J connectivity index is 0.00000120. The summed E-state index contributed by atoms with van der Waals surface area (Å²) in [6.45, 7) is 2.24. The van der Waals surface area contributed by atoms with E-state index in [1.54, 1.807) is 12.4 Å². The van der Waals surface area contributed by atoms with Gasteiger partial charge in [0.05, 0.1) is 0 Å². The van der Waals surface area contributed by atoms with Crippen molar-refractivity contribution >= 4 is 12.4 Å². The van der Waals surface area contributed by atoms with Gasteiger partial charge in [0.1, 0.15) is 0 Å². The van der Waals surface area contributed by atoms with Gasteiger partial charge in [0.25, 0.3) is 0 Å². The normalized spacial score (nSPS) is 18.8. The summed E-state index contributed by atoms with van der Waals surface area (Å²) < 4.78 is 5.21. The number of halogens is 1. The lowest BCUT2D eigenvalue weighted by Crippen LogP contribution is -2.09. The summed E-state index contributed by atoms with van der Waals surface area (Å²) in [5.74, 6) is 2.63. The monoisotopic (exact) mass is 269 g/mol. The highest BCUT2D eigenvalue weighted by Crippen LogP contribution is 2.16. The summed E-state index contributed by atoms with van der Waals surface area (Å²) in [5.41, 5.74) is 0. The minimum atomic E-state index is 0. The maximum atomic E-state index is 5.21. The lowest BCUT2D eigenvalue weighted by Gasteiger charge is -2.03. The fourth-order valence-corrected chi connectivity index (χ4v) is 2.13. The Bertz CT molecular complexity index is 463. The van der Waals surface area contributed by atoms with Crippen LogP contribution in [-0.4, -0.2) is 33.2 Å². The first-order valence-corrected chi connectivity index (χ1v) is 5.95. The van der Waals surface area contributed by atoms with E-state index in [2.05, 4.69) is 25.4 Å². The number of aryl methyl sites for hydroxylation is 1. The number of imidazole rings is 1. The molecule has 0 amide bonds. The molecule has 2 N–H and O–H groups in total. The number of hydrogen-bond acceptors (Lipinski definition) is 5. The highest BCUT2D eigenvalue weighted by atomic mass is 35.5. The third kappa shape index (κ3) is 2.88. The van der Waals surface area contributed by atoms with Crippen LogP contribution >= 0.6 is 12.4 Å². The topological polar surface area (TPSA) is 79.6 Å². The molecule has 18 heavy (non-hydrogen) atoms. The van der Waals surface area contributed by atoms with Crippen LogP contribution in [0.4, 0.5) is 0 Å². The second-order valence-corrected chi connectivity index (χ2v) is 4.35. The third-order valence-electron chi connectivity index (χ3n) is 3.11. The van der Waals surface area contributed by atoms with E-state index >= 15 is 0 Å². The van der Waals surface area contributed by atoms with E-state index in [-0.39, 0.29) is 12.4 Å². The molecule has 1 atom stereocenters. The molecule has 0 bridgehead atoms. The average Bonchev–Trinajstić information content (AvgIpc) is 3.09. The third-order valence-corrected chi connectivity index (χ3v) is 3.11. The van der Waals surface area contributed by atoms with Crippen LogP contribution in [0.5, 0.6) is 0 Å². The number of aromatic nitrogens is 4. The molecule has 0 saturated carbocycles. The first-order valence-electron chi connectivity index (χ1n) is 5.95. The Hall–Kier alpha value is -1.40. The number of hydrogen-bond donors (Lipinski definition) is 2. The largest absolute Gasteiger partial charge is 0.342 e. The molecule has 0 radical (unpaired) electrons. The second kappa shape index (κ2) is 5.97. The number of nitrogens with zero attached hydrogens (tertiary/aromatic N) is 3. The van der Waals surface area contributed by atoms with Crippen molar-refractivity contribution in [2.75, 3.05) is 13.1 Å². The second-order valence-electron chi connectivity index (χ2n) is 4.35. The van der Waals surface area contributed by atoms with Gasteiger partial charge in [-0.15, -0.1) is 12.4 Å². The van der Waals surface area contributed by atoms with Crippen molar-refractivity contribution in [1.29, 1.82) is 0 Å². The fourth-order valence-electron chi connectivity index (χ4n) is 2.13. The molecule has 2 aromatic rings. The van der Waals surface area contributed by atoms with Gasteiger partial charge in [-0.1, -0.05) is 5.16 Å². The Morgan fingerprint density at radius 1 is 1.44 bits per heavy atom. The van der Waals surface area contributed by atoms with Crippen LogP contribution in [0.15, 0.2) is 16.9 Å². The minimum Gasteiger partial charge on any atom is -0.342 e. The fraction of sp³-hybridized carbons (Fsp3) is 0.545. The standard InChI is InChI=1S/C11H15N5O.ClH/c1(8-3-4-12-7-8)2-9-15-11(16-17-9)10-13-5-6-14-10;/h5-6,8,12H,1-4,7H2,(H,13,14);1H. The van der Waals surface area contributed by atoms with Crippen molar-refractivity contribution in [3.05, 3.63) is 18.3 Å². The summed E-state index contributed by atoms with van der Waals surface area (Å²) in [7, 11) is 0. The van der Waals surface area contributed by atoms with Crippen molar-refractivity contribution < 1.29 is 4.52 Å². The van der Waals surface area contributed by atoms with E-state index in [9.17, 15) is 0 Å². The van der Waals surface area contributed by atoms with Crippen LogP contribution in [0, 0.1) is 5.92 Å². The van der Waals surface area contributed by atoms with Crippen molar-refractivity contribution in [3.8, 4) is 11.6 Å². The van der Waals surface area contributed by atoms with Crippen LogP contribution in [0.1, 0.15) is 18.7 Å². The van der Waals surface area contributed by atoms with E-state index in [0.29, 0.717) is 17.5 Å². The maximum Gasteiger partial charge on any atom is 0.238 e. The molecule has 7 heteroatoms. The van der Waals surface area contributed by atoms with Gasteiger partial charge in [-0.3, -0.25) is 0 Å². The molecule has 0 spiro atoms. The van der Waals surface area contributed by atoms with Crippen molar-refractivity contribution in [2.24, 2.45) is 5.92 Å². The molecule has 0 aromatic carbocycles. The van der Waals surface area contributed by atoms with Gasteiger partial charge in [-0.05, 0) is 31.8 Å². The smallest absolute Gasteiger partial charge is 0.238 e. The van der Waals surface area contributed by atoms with Crippen LogP contribution < -0.4 is 5.32 Å².